The van der Waals surface area contributed by atoms with Gasteiger partial charge in [-0.1, -0.05) is 6.07 Å². The lowest BCUT2D eigenvalue weighted by Gasteiger charge is -2.35. The molecule has 2 rings (SSSR count). The first-order chi connectivity index (χ1) is 8.87. The number of aromatic nitrogens is 1. The number of aryl methyl sites for hydroxylation is 1. The fourth-order valence-electron chi connectivity index (χ4n) is 2.28. The van der Waals surface area contributed by atoms with E-state index in [1.807, 2.05) is 0 Å². The fraction of sp³-hybridized carbons (Fsp3) is 0.688. The van der Waals surface area contributed by atoms with Crippen molar-refractivity contribution in [2.45, 2.75) is 65.1 Å². The molecule has 0 spiro atoms. The van der Waals surface area contributed by atoms with E-state index < -0.39 is 0 Å². The lowest BCUT2D eigenvalue weighted by Crippen LogP contribution is -2.38. The minimum absolute atomic E-state index is 0.147. The van der Waals surface area contributed by atoms with Crippen molar-refractivity contribution < 1.29 is 0 Å². The number of rotatable bonds is 4. The van der Waals surface area contributed by atoms with Gasteiger partial charge in [0.15, 0.2) is 0 Å². The smallest absolute Gasteiger partial charge is 0.128 e. The molecule has 1 heterocycles. The number of nitrogens with one attached hydrogen (secondary N) is 1. The summed E-state index contributed by atoms with van der Waals surface area (Å²) in [5.74, 6) is 1.11. The maximum Gasteiger partial charge on any atom is 0.128 e. The van der Waals surface area contributed by atoms with Crippen molar-refractivity contribution in [2.75, 3.05) is 11.9 Å². The second kappa shape index (κ2) is 5.49. The summed E-state index contributed by atoms with van der Waals surface area (Å²) in [5, 5.41) is 3.52. The Morgan fingerprint density at radius 1 is 1.32 bits per heavy atom. The molecule has 1 aliphatic rings. The number of pyridine rings is 1. The zero-order valence-corrected chi connectivity index (χ0v) is 13.0. The van der Waals surface area contributed by atoms with Crippen LogP contribution in [-0.2, 0) is 6.54 Å². The van der Waals surface area contributed by atoms with E-state index in [1.54, 1.807) is 0 Å². The molecule has 0 radical (unpaired) electrons. The van der Waals surface area contributed by atoms with E-state index >= 15 is 0 Å². The molecule has 1 aromatic rings. The number of hydrogen-bond acceptors (Lipinski definition) is 3. The molecule has 106 valence electrons. The molecule has 1 aromatic heterocycles. The van der Waals surface area contributed by atoms with E-state index in [0.717, 1.165) is 18.1 Å². The van der Waals surface area contributed by atoms with Gasteiger partial charge in [-0.25, -0.2) is 4.98 Å². The van der Waals surface area contributed by atoms with Crippen LogP contribution in [0.15, 0.2) is 12.1 Å². The van der Waals surface area contributed by atoms with Crippen LogP contribution in [0.3, 0.4) is 0 Å². The Kier molecular flexibility index (Phi) is 4.14. The van der Waals surface area contributed by atoms with E-state index in [9.17, 15) is 0 Å². The van der Waals surface area contributed by atoms with Gasteiger partial charge in [0.1, 0.15) is 5.82 Å². The topological polar surface area (TPSA) is 28.2 Å². The zero-order chi connectivity index (χ0) is 14.0. The third-order valence-corrected chi connectivity index (χ3v) is 3.97. The first kappa shape index (κ1) is 14.3. The van der Waals surface area contributed by atoms with Crippen LogP contribution in [0.2, 0.25) is 0 Å². The van der Waals surface area contributed by atoms with E-state index in [-0.39, 0.29) is 5.54 Å². The van der Waals surface area contributed by atoms with Crippen molar-refractivity contribution in [3.8, 4) is 0 Å². The van der Waals surface area contributed by atoms with E-state index in [4.69, 9.17) is 4.98 Å². The summed E-state index contributed by atoms with van der Waals surface area (Å²) in [7, 11) is 2.17. The maximum atomic E-state index is 4.76. The van der Waals surface area contributed by atoms with Crippen molar-refractivity contribution in [3.05, 3.63) is 23.4 Å². The van der Waals surface area contributed by atoms with E-state index in [2.05, 4.69) is 57.1 Å². The second-order valence-electron chi connectivity index (χ2n) is 6.71. The van der Waals surface area contributed by atoms with E-state index in [0.29, 0.717) is 6.04 Å². The molecule has 0 aromatic carbocycles. The molecule has 19 heavy (non-hydrogen) atoms. The highest BCUT2D eigenvalue weighted by atomic mass is 15.2. The molecule has 3 heteroatoms. The van der Waals surface area contributed by atoms with Gasteiger partial charge < -0.3 is 10.2 Å². The molecule has 0 aliphatic heterocycles. The maximum absolute atomic E-state index is 4.76. The molecular weight excluding hydrogens is 234 g/mol. The number of hydrogen-bond donors (Lipinski definition) is 1. The van der Waals surface area contributed by atoms with Crippen LogP contribution >= 0.6 is 0 Å². The summed E-state index contributed by atoms with van der Waals surface area (Å²) in [6.07, 6.45) is 3.98. The van der Waals surface area contributed by atoms with Crippen LogP contribution in [0, 0.1) is 6.92 Å². The van der Waals surface area contributed by atoms with Crippen molar-refractivity contribution in [2.24, 2.45) is 0 Å². The first-order valence-electron chi connectivity index (χ1n) is 7.31. The third-order valence-electron chi connectivity index (χ3n) is 3.97. The Balaban J connectivity index is 2.04. The third kappa shape index (κ3) is 3.69. The van der Waals surface area contributed by atoms with Gasteiger partial charge in [-0.05, 0) is 58.6 Å². The lowest BCUT2D eigenvalue weighted by molar-refractivity contribution is 0.399. The molecule has 0 saturated heterocycles. The summed E-state index contributed by atoms with van der Waals surface area (Å²) < 4.78 is 0. The molecule has 3 nitrogen and oxygen atoms in total. The van der Waals surface area contributed by atoms with Crippen LogP contribution in [0.25, 0.3) is 0 Å². The minimum atomic E-state index is 0.147. The van der Waals surface area contributed by atoms with Gasteiger partial charge in [0.2, 0.25) is 0 Å². The van der Waals surface area contributed by atoms with Crippen molar-refractivity contribution in [1.82, 2.24) is 10.3 Å². The molecule has 0 amide bonds. The summed E-state index contributed by atoms with van der Waals surface area (Å²) >= 11 is 0. The fourth-order valence-corrected chi connectivity index (χ4v) is 2.28. The van der Waals surface area contributed by atoms with Crippen molar-refractivity contribution in [1.29, 1.82) is 0 Å². The van der Waals surface area contributed by atoms with Gasteiger partial charge in [0.25, 0.3) is 0 Å². The van der Waals surface area contributed by atoms with Gasteiger partial charge in [-0.3, -0.25) is 0 Å². The Bertz CT molecular complexity index is 430. The van der Waals surface area contributed by atoms with Gasteiger partial charge in [0.05, 0.1) is 0 Å². The largest absolute Gasteiger partial charge is 0.357 e. The van der Waals surface area contributed by atoms with Crippen molar-refractivity contribution in [3.63, 3.8) is 0 Å². The number of nitrogens with zero attached hydrogens (tertiary/aromatic N) is 2. The predicted octanol–water partition coefficient (Wildman–Crippen LogP) is 3.27. The highest BCUT2D eigenvalue weighted by Gasteiger charge is 2.23. The Morgan fingerprint density at radius 2 is 2.00 bits per heavy atom. The van der Waals surface area contributed by atoms with Gasteiger partial charge >= 0.3 is 0 Å². The van der Waals surface area contributed by atoms with E-state index in [1.165, 1.54) is 24.8 Å². The molecule has 0 atom stereocenters. The highest BCUT2D eigenvalue weighted by Crippen LogP contribution is 2.27. The number of anilines is 1. The monoisotopic (exact) mass is 261 g/mol. The molecule has 1 aliphatic carbocycles. The average molecular weight is 261 g/mol. The quantitative estimate of drug-likeness (QED) is 0.901. The molecule has 1 fully saturated rings. The SMILES string of the molecule is Cc1nc(N(C)C2CCC2)ccc1CNC(C)(C)C. The molecule has 0 bridgehead atoms. The molecule has 1 N–H and O–H groups in total. The van der Waals surface area contributed by atoms with Gasteiger partial charge in [0, 0.05) is 30.9 Å². The normalized spacial score (nSPS) is 16.3. The van der Waals surface area contributed by atoms with Gasteiger partial charge in [-0.15, -0.1) is 0 Å². The summed E-state index contributed by atoms with van der Waals surface area (Å²) in [6, 6.07) is 5.07. The zero-order valence-electron chi connectivity index (χ0n) is 13.0. The lowest BCUT2D eigenvalue weighted by atomic mass is 9.92. The average Bonchev–Trinajstić information content (AvgIpc) is 2.23. The Morgan fingerprint density at radius 3 is 2.47 bits per heavy atom. The van der Waals surface area contributed by atoms with Crippen LogP contribution in [0.5, 0.6) is 0 Å². The predicted molar refractivity (Wildman–Crippen MR) is 81.6 cm³/mol. The second-order valence-corrected chi connectivity index (χ2v) is 6.71. The Labute approximate surface area is 117 Å². The van der Waals surface area contributed by atoms with Crippen LogP contribution < -0.4 is 10.2 Å². The molecule has 1 saturated carbocycles. The Hall–Kier alpha value is -1.09. The summed E-state index contributed by atoms with van der Waals surface area (Å²) in [5.41, 5.74) is 2.58. The van der Waals surface area contributed by atoms with Crippen LogP contribution in [-0.4, -0.2) is 23.6 Å². The molecular formula is C16H27N3. The van der Waals surface area contributed by atoms with Crippen LogP contribution in [0.1, 0.15) is 51.3 Å². The van der Waals surface area contributed by atoms with Crippen molar-refractivity contribution >= 4 is 5.82 Å². The summed E-state index contributed by atoms with van der Waals surface area (Å²) in [4.78, 5) is 7.09. The summed E-state index contributed by atoms with van der Waals surface area (Å²) in [6.45, 7) is 9.56. The highest BCUT2D eigenvalue weighted by molar-refractivity contribution is 5.42. The molecule has 0 unspecified atom stereocenters. The minimum Gasteiger partial charge on any atom is -0.357 e. The first-order valence-corrected chi connectivity index (χ1v) is 7.31. The van der Waals surface area contributed by atoms with Crippen LogP contribution in [0.4, 0.5) is 5.82 Å². The van der Waals surface area contributed by atoms with Gasteiger partial charge in [-0.2, -0.15) is 0 Å². The standard InChI is InChI=1S/C16H27N3/c1-12-13(11-17-16(2,3)4)9-10-15(18-12)19(5)14-7-6-8-14/h9-10,14,17H,6-8,11H2,1-5H3.